The molecule has 21 heavy (non-hydrogen) atoms. The van der Waals surface area contributed by atoms with Crippen LogP contribution in [0.5, 0.6) is 5.88 Å². The van der Waals surface area contributed by atoms with Gasteiger partial charge < -0.3 is 14.8 Å². The molecular formula is C13H13N5O3. The van der Waals surface area contributed by atoms with Crippen molar-refractivity contribution in [1.29, 1.82) is 0 Å². The largest absolute Gasteiger partial charge is 0.480 e. The first-order valence-electron chi connectivity index (χ1n) is 6.30. The summed E-state index contributed by atoms with van der Waals surface area (Å²) in [4.78, 5) is 20.6. The Balaban J connectivity index is 2.08. The van der Waals surface area contributed by atoms with Crippen molar-refractivity contribution in [1.82, 2.24) is 25.5 Å². The number of nitrogens with one attached hydrogen (secondary N) is 1. The molecule has 1 aliphatic rings. The molecule has 0 aliphatic carbocycles. The van der Waals surface area contributed by atoms with E-state index in [1.165, 1.54) is 14.2 Å². The average molecular weight is 287 g/mol. The molecule has 0 fully saturated rings. The molecular weight excluding hydrogens is 274 g/mol. The maximum atomic E-state index is 11.9. The second kappa shape index (κ2) is 5.41. The molecule has 0 unspecified atom stereocenters. The maximum absolute atomic E-state index is 11.9. The minimum Gasteiger partial charge on any atom is -0.480 e. The van der Waals surface area contributed by atoms with Gasteiger partial charge in [-0.05, 0) is 6.07 Å². The lowest BCUT2D eigenvalue weighted by molar-refractivity contribution is 0.0592. The number of hydrogen-bond acceptors (Lipinski definition) is 8. The quantitative estimate of drug-likeness (QED) is 0.806. The van der Waals surface area contributed by atoms with Gasteiger partial charge in [0.05, 0.1) is 19.9 Å². The van der Waals surface area contributed by atoms with Crippen LogP contribution in [-0.4, -0.2) is 40.4 Å². The van der Waals surface area contributed by atoms with Gasteiger partial charge in [-0.15, -0.1) is 10.2 Å². The topological polar surface area (TPSA) is 99.1 Å². The Morgan fingerprint density at radius 2 is 2.05 bits per heavy atom. The van der Waals surface area contributed by atoms with Crippen LogP contribution in [0.1, 0.15) is 21.7 Å². The lowest BCUT2D eigenvalue weighted by Crippen LogP contribution is -2.12. The number of carbonyl (C=O) groups excluding carboxylic acids is 1. The maximum Gasteiger partial charge on any atom is 0.357 e. The van der Waals surface area contributed by atoms with Crippen molar-refractivity contribution in [2.75, 3.05) is 14.2 Å². The molecule has 0 aromatic carbocycles. The average Bonchev–Trinajstić information content (AvgIpc) is 3.01. The lowest BCUT2D eigenvalue weighted by atomic mass is 10.2. The zero-order valence-corrected chi connectivity index (χ0v) is 11.6. The Labute approximate surface area is 120 Å². The van der Waals surface area contributed by atoms with Gasteiger partial charge in [0.15, 0.2) is 11.5 Å². The third-order valence-electron chi connectivity index (χ3n) is 3.14. The van der Waals surface area contributed by atoms with Gasteiger partial charge in [-0.3, -0.25) is 0 Å². The summed E-state index contributed by atoms with van der Waals surface area (Å²) in [6.07, 6.45) is 0. The molecule has 0 saturated carbocycles. The molecule has 1 aliphatic heterocycles. The van der Waals surface area contributed by atoms with Crippen LogP contribution in [0.25, 0.3) is 11.5 Å². The smallest absolute Gasteiger partial charge is 0.357 e. The number of nitrogens with zero attached hydrogens (tertiary/aromatic N) is 4. The van der Waals surface area contributed by atoms with Gasteiger partial charge in [0.2, 0.25) is 5.88 Å². The van der Waals surface area contributed by atoms with Crippen molar-refractivity contribution in [2.24, 2.45) is 0 Å². The third-order valence-corrected chi connectivity index (χ3v) is 3.14. The molecule has 0 saturated heterocycles. The van der Waals surface area contributed by atoms with Crippen LogP contribution in [0, 0.1) is 0 Å². The molecule has 0 bridgehead atoms. The standard InChI is InChI=1S/C13H13N5O3/c1-20-10-4-3-8(17-18-10)12-15-9-6-14-5-7(9)11(16-12)13(19)21-2/h3-4,14H,5-6H2,1-2H3. The number of carbonyl (C=O) groups is 1. The molecule has 8 heteroatoms. The van der Waals surface area contributed by atoms with Crippen molar-refractivity contribution >= 4 is 5.97 Å². The van der Waals surface area contributed by atoms with E-state index in [1.807, 2.05) is 0 Å². The summed E-state index contributed by atoms with van der Waals surface area (Å²) in [6.45, 7) is 1.13. The van der Waals surface area contributed by atoms with Gasteiger partial charge in [-0.1, -0.05) is 0 Å². The normalized spacial score (nSPS) is 12.9. The van der Waals surface area contributed by atoms with E-state index >= 15 is 0 Å². The van der Waals surface area contributed by atoms with Crippen molar-refractivity contribution in [3.05, 3.63) is 29.1 Å². The second-order valence-corrected chi connectivity index (χ2v) is 4.38. The minimum atomic E-state index is -0.486. The Morgan fingerprint density at radius 1 is 1.19 bits per heavy atom. The van der Waals surface area contributed by atoms with Crippen LogP contribution in [0.4, 0.5) is 0 Å². The summed E-state index contributed by atoms with van der Waals surface area (Å²) in [5.74, 6) is 0.253. The molecule has 1 N–H and O–H groups in total. The van der Waals surface area contributed by atoms with Gasteiger partial charge in [0, 0.05) is 24.7 Å². The minimum absolute atomic E-state index is 0.264. The molecule has 8 nitrogen and oxygen atoms in total. The first-order valence-corrected chi connectivity index (χ1v) is 6.30. The number of hydrogen-bond donors (Lipinski definition) is 1. The zero-order chi connectivity index (χ0) is 14.8. The monoisotopic (exact) mass is 287 g/mol. The van der Waals surface area contributed by atoms with Crippen molar-refractivity contribution in [3.63, 3.8) is 0 Å². The Morgan fingerprint density at radius 3 is 2.71 bits per heavy atom. The second-order valence-electron chi connectivity index (χ2n) is 4.38. The van der Waals surface area contributed by atoms with E-state index in [9.17, 15) is 4.79 Å². The fourth-order valence-electron chi connectivity index (χ4n) is 2.10. The van der Waals surface area contributed by atoms with Gasteiger partial charge in [-0.25, -0.2) is 14.8 Å². The predicted molar refractivity (Wildman–Crippen MR) is 71.5 cm³/mol. The molecule has 0 atom stereocenters. The van der Waals surface area contributed by atoms with Crippen LogP contribution in [0.3, 0.4) is 0 Å². The van der Waals surface area contributed by atoms with E-state index in [2.05, 4.69) is 25.5 Å². The van der Waals surface area contributed by atoms with E-state index in [0.29, 0.717) is 30.5 Å². The molecule has 0 amide bonds. The third kappa shape index (κ3) is 2.40. The van der Waals surface area contributed by atoms with E-state index in [0.717, 1.165) is 11.3 Å². The molecule has 3 heterocycles. The Bertz CT molecular complexity index is 687. The number of rotatable bonds is 3. The summed E-state index contributed by atoms with van der Waals surface area (Å²) in [6, 6.07) is 3.35. The molecule has 2 aromatic heterocycles. The van der Waals surface area contributed by atoms with Crippen molar-refractivity contribution < 1.29 is 14.3 Å². The molecule has 0 radical (unpaired) electrons. The first kappa shape index (κ1) is 13.4. The van der Waals surface area contributed by atoms with Crippen LogP contribution in [-0.2, 0) is 17.8 Å². The fourth-order valence-corrected chi connectivity index (χ4v) is 2.10. The van der Waals surface area contributed by atoms with Gasteiger partial charge in [0.1, 0.15) is 5.69 Å². The number of fused-ring (bicyclic) bond motifs is 1. The number of ether oxygens (including phenoxy) is 2. The van der Waals surface area contributed by atoms with E-state index in [1.54, 1.807) is 12.1 Å². The highest BCUT2D eigenvalue weighted by atomic mass is 16.5. The summed E-state index contributed by atoms with van der Waals surface area (Å²) in [5.41, 5.74) is 2.28. The zero-order valence-electron chi connectivity index (χ0n) is 11.6. The summed E-state index contributed by atoms with van der Waals surface area (Å²) in [7, 11) is 2.84. The van der Waals surface area contributed by atoms with E-state index in [-0.39, 0.29) is 5.69 Å². The summed E-state index contributed by atoms with van der Waals surface area (Å²) < 4.78 is 9.74. The Hall–Kier alpha value is -2.61. The highest BCUT2D eigenvalue weighted by Gasteiger charge is 2.24. The number of esters is 1. The van der Waals surface area contributed by atoms with E-state index in [4.69, 9.17) is 9.47 Å². The van der Waals surface area contributed by atoms with Gasteiger partial charge in [0.25, 0.3) is 0 Å². The molecule has 0 spiro atoms. The van der Waals surface area contributed by atoms with Crippen molar-refractivity contribution in [2.45, 2.75) is 13.1 Å². The van der Waals surface area contributed by atoms with Crippen LogP contribution >= 0.6 is 0 Å². The van der Waals surface area contributed by atoms with Crippen LogP contribution in [0.2, 0.25) is 0 Å². The first-order chi connectivity index (χ1) is 10.2. The lowest BCUT2D eigenvalue weighted by Gasteiger charge is -2.07. The van der Waals surface area contributed by atoms with Crippen LogP contribution in [0.15, 0.2) is 12.1 Å². The fraction of sp³-hybridized carbons (Fsp3) is 0.308. The summed E-state index contributed by atoms with van der Waals surface area (Å²) >= 11 is 0. The van der Waals surface area contributed by atoms with E-state index < -0.39 is 5.97 Å². The molecule has 3 rings (SSSR count). The predicted octanol–water partition coefficient (Wildman–Crippen LogP) is 0.332. The van der Waals surface area contributed by atoms with Gasteiger partial charge in [-0.2, -0.15) is 0 Å². The molecule has 108 valence electrons. The Kier molecular flexibility index (Phi) is 3.44. The SMILES string of the molecule is COC(=O)c1nc(-c2ccc(OC)nn2)nc2c1CNC2. The molecule has 2 aromatic rings. The van der Waals surface area contributed by atoms with Crippen LogP contribution < -0.4 is 10.1 Å². The van der Waals surface area contributed by atoms with Gasteiger partial charge >= 0.3 is 5.97 Å². The highest BCUT2D eigenvalue weighted by molar-refractivity contribution is 5.89. The highest BCUT2D eigenvalue weighted by Crippen LogP contribution is 2.22. The number of aromatic nitrogens is 4. The summed E-state index contributed by atoms with van der Waals surface area (Å²) in [5, 5.41) is 11.0. The van der Waals surface area contributed by atoms with Crippen molar-refractivity contribution in [3.8, 4) is 17.4 Å². The number of methoxy groups -OCH3 is 2.